The van der Waals surface area contributed by atoms with Crippen LogP contribution in [0.15, 0.2) is 24.3 Å². The maximum absolute atomic E-state index is 13.5. The molecule has 6 heterocycles. The standard InChI is InChI=1S/C26H30N8O5S/c1-38-24(36)18-15-34(25(37)29-18)20-7-5-6-16(27-20)23(35)28-17-14-19-21(30-22(17)32-8-3-2-4-9-32)31-26(40-19)33-10-12-39-13-11-33/h5-7,14,18H,2-4,8-13,15H2,1H3,(H,28,35)(H,29,37). The summed E-state index contributed by atoms with van der Waals surface area (Å²) in [6.07, 6.45) is 3.27. The first-order valence-electron chi connectivity index (χ1n) is 13.3. The topological polar surface area (TPSA) is 142 Å². The minimum absolute atomic E-state index is 0.0557. The van der Waals surface area contributed by atoms with Gasteiger partial charge in [-0.05, 0) is 37.5 Å². The summed E-state index contributed by atoms with van der Waals surface area (Å²) in [5.74, 6) is -0.0182. The maximum Gasteiger partial charge on any atom is 0.330 e. The molecule has 14 heteroatoms. The van der Waals surface area contributed by atoms with E-state index in [0.29, 0.717) is 30.4 Å². The molecule has 3 aliphatic rings. The molecule has 1 unspecified atom stereocenters. The number of thiazole rings is 1. The van der Waals surface area contributed by atoms with Gasteiger partial charge >= 0.3 is 12.0 Å². The van der Waals surface area contributed by atoms with Gasteiger partial charge in [-0.3, -0.25) is 9.69 Å². The number of nitrogens with zero attached hydrogens (tertiary/aromatic N) is 6. The molecule has 2 N–H and O–H groups in total. The van der Waals surface area contributed by atoms with Gasteiger partial charge in [0.25, 0.3) is 5.91 Å². The predicted molar refractivity (Wildman–Crippen MR) is 150 cm³/mol. The van der Waals surface area contributed by atoms with E-state index in [1.165, 1.54) is 12.0 Å². The molecule has 0 bridgehead atoms. The summed E-state index contributed by atoms with van der Waals surface area (Å²) < 4.78 is 11.1. The third-order valence-electron chi connectivity index (χ3n) is 7.17. The molecule has 0 spiro atoms. The van der Waals surface area contributed by atoms with E-state index in [4.69, 9.17) is 19.4 Å². The number of methoxy groups -OCH3 is 1. The number of hydrogen-bond donors (Lipinski definition) is 2. The second-order valence-electron chi connectivity index (χ2n) is 9.80. The molecule has 3 aromatic rings. The summed E-state index contributed by atoms with van der Waals surface area (Å²) >= 11 is 1.54. The Balaban J connectivity index is 1.28. The molecule has 0 aliphatic carbocycles. The van der Waals surface area contributed by atoms with Crippen LogP contribution in [0.25, 0.3) is 10.3 Å². The smallest absolute Gasteiger partial charge is 0.330 e. The van der Waals surface area contributed by atoms with E-state index in [9.17, 15) is 14.4 Å². The lowest BCUT2D eigenvalue weighted by atomic mass is 10.1. The number of esters is 1. The van der Waals surface area contributed by atoms with Crippen molar-refractivity contribution in [3.8, 4) is 0 Å². The number of amides is 3. The van der Waals surface area contributed by atoms with Gasteiger partial charge in [-0.15, -0.1) is 0 Å². The van der Waals surface area contributed by atoms with Gasteiger partial charge in [0.15, 0.2) is 16.6 Å². The summed E-state index contributed by atoms with van der Waals surface area (Å²) in [6, 6.07) is 5.51. The van der Waals surface area contributed by atoms with Crippen molar-refractivity contribution in [3.63, 3.8) is 0 Å². The van der Waals surface area contributed by atoms with Crippen molar-refractivity contribution in [2.45, 2.75) is 25.3 Å². The first-order valence-corrected chi connectivity index (χ1v) is 14.2. The van der Waals surface area contributed by atoms with Crippen LogP contribution in [0.4, 0.5) is 27.2 Å². The number of morpholine rings is 1. The Kier molecular flexibility index (Phi) is 7.34. The zero-order chi connectivity index (χ0) is 27.6. The Bertz CT molecular complexity index is 1440. The van der Waals surface area contributed by atoms with Crippen LogP contribution in [0, 0.1) is 0 Å². The first-order chi connectivity index (χ1) is 19.5. The molecule has 1 atom stereocenters. The third kappa shape index (κ3) is 5.23. The second-order valence-corrected chi connectivity index (χ2v) is 10.8. The summed E-state index contributed by atoms with van der Waals surface area (Å²) in [4.78, 5) is 57.7. The molecule has 3 amide bonds. The molecule has 210 valence electrons. The van der Waals surface area contributed by atoms with Gasteiger partial charge in [0, 0.05) is 26.2 Å². The van der Waals surface area contributed by atoms with Crippen molar-refractivity contribution >= 4 is 62.0 Å². The quantitative estimate of drug-likeness (QED) is 0.427. The van der Waals surface area contributed by atoms with Crippen molar-refractivity contribution in [1.82, 2.24) is 20.3 Å². The fourth-order valence-electron chi connectivity index (χ4n) is 5.07. The highest BCUT2D eigenvalue weighted by Crippen LogP contribution is 2.35. The van der Waals surface area contributed by atoms with Crippen LogP contribution in [0.5, 0.6) is 0 Å². The first kappa shape index (κ1) is 26.2. The number of ether oxygens (including phenoxy) is 2. The summed E-state index contributed by atoms with van der Waals surface area (Å²) in [5.41, 5.74) is 1.38. The molecule has 0 radical (unpaired) electrons. The number of aromatic nitrogens is 3. The number of anilines is 4. The normalized spacial score (nSPS) is 19.6. The summed E-state index contributed by atoms with van der Waals surface area (Å²) in [7, 11) is 1.26. The van der Waals surface area contributed by atoms with Crippen molar-refractivity contribution in [3.05, 3.63) is 30.0 Å². The number of carbonyl (C=O) groups excluding carboxylic acids is 3. The van der Waals surface area contributed by atoms with Crippen LogP contribution in [0.1, 0.15) is 29.8 Å². The zero-order valence-electron chi connectivity index (χ0n) is 22.1. The number of urea groups is 1. The minimum atomic E-state index is -0.802. The molecule has 3 fully saturated rings. The highest BCUT2D eigenvalue weighted by atomic mass is 32.1. The van der Waals surface area contributed by atoms with E-state index in [1.807, 2.05) is 6.07 Å². The highest BCUT2D eigenvalue weighted by molar-refractivity contribution is 7.22. The fourth-order valence-corrected chi connectivity index (χ4v) is 6.07. The minimum Gasteiger partial charge on any atom is -0.467 e. The Morgan fingerprint density at radius 2 is 1.88 bits per heavy atom. The number of pyridine rings is 2. The molecule has 13 nitrogen and oxygen atoms in total. The number of fused-ring (bicyclic) bond motifs is 1. The number of hydrogen-bond acceptors (Lipinski definition) is 11. The number of piperidine rings is 1. The lowest BCUT2D eigenvalue weighted by molar-refractivity contribution is -0.142. The van der Waals surface area contributed by atoms with Gasteiger partial charge in [-0.2, -0.15) is 4.98 Å². The monoisotopic (exact) mass is 566 g/mol. The van der Waals surface area contributed by atoms with Crippen LogP contribution in [-0.4, -0.2) is 91.9 Å². The van der Waals surface area contributed by atoms with E-state index >= 15 is 0 Å². The van der Waals surface area contributed by atoms with Gasteiger partial charge in [0.1, 0.15) is 17.6 Å². The van der Waals surface area contributed by atoms with E-state index in [-0.39, 0.29) is 18.1 Å². The molecule has 3 saturated heterocycles. The van der Waals surface area contributed by atoms with Gasteiger partial charge in [-0.1, -0.05) is 17.4 Å². The van der Waals surface area contributed by atoms with E-state index in [2.05, 4.69) is 25.4 Å². The summed E-state index contributed by atoms with van der Waals surface area (Å²) in [6.45, 7) is 4.64. The van der Waals surface area contributed by atoms with Crippen molar-refractivity contribution in [1.29, 1.82) is 0 Å². The lowest BCUT2D eigenvalue weighted by Crippen LogP contribution is -2.36. The number of nitrogens with one attached hydrogen (secondary N) is 2. The average Bonchev–Trinajstić information content (AvgIpc) is 3.60. The van der Waals surface area contributed by atoms with Crippen molar-refractivity contribution < 1.29 is 23.9 Å². The largest absolute Gasteiger partial charge is 0.467 e. The van der Waals surface area contributed by atoms with E-state index in [1.54, 1.807) is 29.5 Å². The predicted octanol–water partition coefficient (Wildman–Crippen LogP) is 2.24. The molecular formula is C26H30N8O5S. The second kappa shape index (κ2) is 11.2. The zero-order valence-corrected chi connectivity index (χ0v) is 22.9. The Morgan fingerprint density at radius 1 is 1.07 bits per heavy atom. The Labute approximate surface area is 234 Å². The highest BCUT2D eigenvalue weighted by Gasteiger charge is 2.36. The van der Waals surface area contributed by atoms with Gasteiger partial charge in [-0.25, -0.2) is 19.6 Å². The summed E-state index contributed by atoms with van der Waals surface area (Å²) in [5, 5.41) is 6.48. The molecule has 3 aromatic heterocycles. The van der Waals surface area contributed by atoms with Crippen LogP contribution >= 0.6 is 11.3 Å². The van der Waals surface area contributed by atoms with E-state index in [0.717, 1.165) is 55.3 Å². The molecule has 3 aliphatic heterocycles. The SMILES string of the molecule is COC(=O)C1CN(c2cccc(C(=O)Nc3cc4sc(N5CCOCC5)nc4nc3N3CCCCC3)n2)C(=O)N1. The Morgan fingerprint density at radius 3 is 2.65 bits per heavy atom. The van der Waals surface area contributed by atoms with Gasteiger partial charge < -0.3 is 29.9 Å². The molecule has 0 saturated carbocycles. The van der Waals surface area contributed by atoms with Crippen LogP contribution in [0.2, 0.25) is 0 Å². The van der Waals surface area contributed by atoms with Crippen LogP contribution in [0.3, 0.4) is 0 Å². The lowest BCUT2D eigenvalue weighted by Gasteiger charge is -2.29. The molecule has 40 heavy (non-hydrogen) atoms. The van der Waals surface area contributed by atoms with Gasteiger partial charge in [0.2, 0.25) is 0 Å². The number of carbonyl (C=O) groups is 3. The molecule has 0 aromatic carbocycles. The van der Waals surface area contributed by atoms with Crippen molar-refractivity contribution in [2.24, 2.45) is 0 Å². The average molecular weight is 567 g/mol. The number of rotatable bonds is 6. The van der Waals surface area contributed by atoms with E-state index < -0.39 is 23.9 Å². The molecule has 6 rings (SSSR count). The van der Waals surface area contributed by atoms with Crippen LogP contribution < -0.4 is 25.3 Å². The Hall–Kier alpha value is -4.04. The fraction of sp³-hybridized carbons (Fsp3) is 0.462. The van der Waals surface area contributed by atoms with Crippen LogP contribution in [-0.2, 0) is 14.3 Å². The molecular weight excluding hydrogens is 536 g/mol. The van der Waals surface area contributed by atoms with Gasteiger partial charge in [0.05, 0.1) is 37.3 Å². The maximum atomic E-state index is 13.5. The third-order valence-corrected chi connectivity index (χ3v) is 8.23. The van der Waals surface area contributed by atoms with Crippen molar-refractivity contribution in [2.75, 3.05) is 73.1 Å².